The summed E-state index contributed by atoms with van der Waals surface area (Å²) in [5.41, 5.74) is -0.168. The fourth-order valence-electron chi connectivity index (χ4n) is 3.00. The standard InChI is InChI=1S/C15H12ClO6P.C6H13N/c1-3-4-10(8(2)16)13-7-12(18)15-11(17)5-9(22-23(19)20)6-14(15)21-13;1-7-5-3-2-4-6-7/h3-7,17,19-20H,1-2H2;2-6H2,1H3/b10-4+;. The van der Waals surface area contributed by atoms with E-state index in [1.165, 1.54) is 50.6 Å². The second-order valence-electron chi connectivity index (χ2n) is 6.72. The maximum Gasteiger partial charge on any atom is 0.391 e. The Balaban J connectivity index is 0.000000386. The maximum absolute atomic E-state index is 12.2. The van der Waals surface area contributed by atoms with Crippen molar-refractivity contribution in [2.45, 2.75) is 19.3 Å². The molecule has 0 saturated carbocycles. The SMILES string of the molecule is C=C/C=C(\C(=C)Cl)c1cc(=O)c2c(O)cc(OP(O)O)cc2o1.CN1CCCCC1. The molecule has 1 saturated heterocycles. The first-order chi connectivity index (χ1) is 14.2. The fraction of sp³-hybridized carbons (Fsp3) is 0.286. The third-order valence-electron chi connectivity index (χ3n) is 4.39. The molecule has 1 aromatic carbocycles. The first-order valence-electron chi connectivity index (χ1n) is 9.26. The molecular formula is C21H25ClNO6P. The minimum Gasteiger partial charge on any atom is -0.507 e. The molecule has 0 radical (unpaired) electrons. The van der Waals surface area contributed by atoms with Crippen molar-refractivity contribution in [3.63, 3.8) is 0 Å². The summed E-state index contributed by atoms with van der Waals surface area (Å²) in [7, 11) is -0.485. The van der Waals surface area contributed by atoms with E-state index in [0.717, 1.165) is 12.1 Å². The van der Waals surface area contributed by atoms with Crippen molar-refractivity contribution in [3.05, 3.63) is 64.5 Å². The Kier molecular flexibility index (Phi) is 9.08. The van der Waals surface area contributed by atoms with Crippen LogP contribution in [0.3, 0.4) is 0 Å². The van der Waals surface area contributed by atoms with Gasteiger partial charge in [0.05, 0.1) is 0 Å². The highest BCUT2D eigenvalue weighted by Gasteiger charge is 2.16. The summed E-state index contributed by atoms with van der Waals surface area (Å²) in [5.74, 6) is -0.354. The zero-order valence-electron chi connectivity index (χ0n) is 16.7. The van der Waals surface area contributed by atoms with Crippen LogP contribution >= 0.6 is 20.2 Å². The molecule has 1 fully saturated rings. The molecule has 0 spiro atoms. The van der Waals surface area contributed by atoms with Crippen LogP contribution in [-0.4, -0.2) is 39.9 Å². The topological polar surface area (TPSA) is 103 Å². The number of allylic oxidation sites excluding steroid dienone is 4. The van der Waals surface area contributed by atoms with Crippen molar-refractivity contribution >= 4 is 36.7 Å². The zero-order valence-corrected chi connectivity index (χ0v) is 18.3. The van der Waals surface area contributed by atoms with Gasteiger partial charge in [0, 0.05) is 28.8 Å². The van der Waals surface area contributed by atoms with Gasteiger partial charge < -0.3 is 28.7 Å². The van der Waals surface area contributed by atoms with E-state index < -0.39 is 19.8 Å². The lowest BCUT2D eigenvalue weighted by atomic mass is 10.1. The van der Waals surface area contributed by atoms with Gasteiger partial charge >= 0.3 is 8.60 Å². The Bertz CT molecular complexity index is 995. The molecule has 1 aliphatic rings. The summed E-state index contributed by atoms with van der Waals surface area (Å²) < 4.78 is 10.3. The van der Waals surface area contributed by atoms with Crippen LogP contribution in [0.2, 0.25) is 0 Å². The molecule has 0 unspecified atom stereocenters. The fourth-order valence-corrected chi connectivity index (χ4v) is 3.45. The Morgan fingerprint density at radius 1 is 1.27 bits per heavy atom. The maximum atomic E-state index is 12.2. The molecule has 162 valence electrons. The van der Waals surface area contributed by atoms with Gasteiger partial charge in [-0.25, -0.2) is 0 Å². The van der Waals surface area contributed by atoms with E-state index in [1.807, 2.05) is 0 Å². The summed E-state index contributed by atoms with van der Waals surface area (Å²) in [5, 5.41) is 9.98. The summed E-state index contributed by atoms with van der Waals surface area (Å²) in [6.45, 7) is 9.77. The summed E-state index contributed by atoms with van der Waals surface area (Å²) >= 11 is 5.88. The lowest BCUT2D eigenvalue weighted by Crippen LogP contribution is -2.24. The van der Waals surface area contributed by atoms with Gasteiger partial charge in [-0.2, -0.15) is 0 Å². The van der Waals surface area contributed by atoms with Crippen LogP contribution in [0.5, 0.6) is 11.5 Å². The molecule has 2 heterocycles. The van der Waals surface area contributed by atoms with Crippen LogP contribution in [0, 0.1) is 0 Å². The van der Waals surface area contributed by atoms with Gasteiger partial charge in [0.1, 0.15) is 28.2 Å². The van der Waals surface area contributed by atoms with Crippen LogP contribution in [0.15, 0.2) is 57.8 Å². The average molecular weight is 454 g/mol. The van der Waals surface area contributed by atoms with E-state index >= 15 is 0 Å². The van der Waals surface area contributed by atoms with Crippen molar-refractivity contribution in [2.24, 2.45) is 0 Å². The number of halogens is 1. The largest absolute Gasteiger partial charge is 0.507 e. The molecule has 3 N–H and O–H groups in total. The number of phenolic OH excluding ortho intramolecular Hbond substituents is 1. The molecule has 1 aliphatic heterocycles. The van der Waals surface area contributed by atoms with Crippen LogP contribution in [0.1, 0.15) is 25.0 Å². The Hall–Kier alpha value is -2.15. The van der Waals surface area contributed by atoms with Crippen LogP contribution < -0.4 is 9.95 Å². The molecular weight excluding hydrogens is 429 g/mol. The van der Waals surface area contributed by atoms with E-state index in [9.17, 15) is 9.90 Å². The van der Waals surface area contributed by atoms with Crippen LogP contribution in [0.4, 0.5) is 0 Å². The smallest absolute Gasteiger partial charge is 0.391 e. The number of phenols is 1. The second kappa shape index (κ2) is 11.3. The number of likely N-dealkylation sites (tertiary alicyclic amines) is 1. The Morgan fingerprint density at radius 2 is 1.93 bits per heavy atom. The molecule has 0 amide bonds. The van der Waals surface area contributed by atoms with E-state index in [2.05, 4.69) is 25.1 Å². The van der Waals surface area contributed by atoms with Gasteiger partial charge in [-0.05, 0) is 33.0 Å². The average Bonchev–Trinajstić information content (AvgIpc) is 2.65. The van der Waals surface area contributed by atoms with Gasteiger partial charge in [-0.3, -0.25) is 4.79 Å². The molecule has 7 nitrogen and oxygen atoms in total. The molecule has 0 bridgehead atoms. The molecule has 0 aliphatic carbocycles. The van der Waals surface area contributed by atoms with E-state index in [-0.39, 0.29) is 27.5 Å². The lowest BCUT2D eigenvalue weighted by molar-refractivity contribution is 0.277. The van der Waals surface area contributed by atoms with E-state index in [1.54, 1.807) is 0 Å². The number of benzene rings is 1. The minimum absolute atomic E-state index is 0.00720. The number of hydrogen-bond acceptors (Lipinski definition) is 7. The van der Waals surface area contributed by atoms with Gasteiger partial charge in [0.2, 0.25) is 0 Å². The summed E-state index contributed by atoms with van der Waals surface area (Å²) in [4.78, 5) is 32.4. The second-order valence-corrected chi connectivity index (χ2v) is 7.86. The Morgan fingerprint density at radius 3 is 2.43 bits per heavy atom. The summed E-state index contributed by atoms with van der Waals surface area (Å²) in [6, 6.07) is 3.50. The number of nitrogens with zero attached hydrogens (tertiary/aromatic N) is 1. The van der Waals surface area contributed by atoms with Gasteiger partial charge in [0.25, 0.3) is 0 Å². The van der Waals surface area contributed by atoms with Gasteiger partial charge in [0.15, 0.2) is 5.43 Å². The third-order valence-corrected chi connectivity index (χ3v) is 4.97. The first kappa shape index (κ1) is 24.1. The highest BCUT2D eigenvalue weighted by molar-refractivity contribution is 7.39. The highest BCUT2D eigenvalue weighted by atomic mass is 35.5. The first-order valence-corrected chi connectivity index (χ1v) is 10.8. The predicted molar refractivity (Wildman–Crippen MR) is 121 cm³/mol. The monoisotopic (exact) mass is 453 g/mol. The number of fused-ring (bicyclic) bond motifs is 1. The third kappa shape index (κ3) is 6.69. The predicted octanol–water partition coefficient (Wildman–Crippen LogP) is 4.51. The number of aromatic hydroxyl groups is 1. The van der Waals surface area contributed by atoms with Crippen molar-refractivity contribution in [2.75, 3.05) is 20.1 Å². The van der Waals surface area contributed by atoms with Crippen LogP contribution in [-0.2, 0) is 0 Å². The quantitative estimate of drug-likeness (QED) is 0.452. The number of piperidine rings is 1. The van der Waals surface area contributed by atoms with Crippen molar-refractivity contribution < 1.29 is 23.8 Å². The Labute approximate surface area is 181 Å². The van der Waals surface area contributed by atoms with Crippen molar-refractivity contribution in [3.8, 4) is 11.5 Å². The number of hydrogen-bond donors (Lipinski definition) is 3. The molecule has 0 atom stereocenters. The zero-order chi connectivity index (χ0) is 22.3. The normalized spacial score (nSPS) is 14.9. The molecule has 1 aromatic heterocycles. The highest BCUT2D eigenvalue weighted by Crippen LogP contribution is 2.36. The molecule has 3 rings (SSSR count). The van der Waals surface area contributed by atoms with E-state index in [4.69, 9.17) is 30.3 Å². The van der Waals surface area contributed by atoms with Crippen molar-refractivity contribution in [1.82, 2.24) is 4.90 Å². The molecule has 30 heavy (non-hydrogen) atoms. The number of rotatable bonds is 5. The van der Waals surface area contributed by atoms with Gasteiger partial charge in [-0.1, -0.05) is 43.3 Å². The minimum atomic E-state index is -2.68. The summed E-state index contributed by atoms with van der Waals surface area (Å²) in [6.07, 6.45) is 7.24. The molecule has 2 aromatic rings. The van der Waals surface area contributed by atoms with Crippen molar-refractivity contribution in [1.29, 1.82) is 0 Å². The van der Waals surface area contributed by atoms with E-state index in [0.29, 0.717) is 5.57 Å². The van der Waals surface area contributed by atoms with Gasteiger partial charge in [-0.15, -0.1) is 0 Å². The lowest BCUT2D eigenvalue weighted by Gasteiger charge is -2.20. The van der Waals surface area contributed by atoms with Crippen LogP contribution in [0.25, 0.3) is 16.5 Å². The molecule has 9 heteroatoms.